The number of hydrogen-bond donors (Lipinski definition) is 1. The van der Waals surface area contributed by atoms with E-state index >= 15 is 0 Å². The summed E-state index contributed by atoms with van der Waals surface area (Å²) < 4.78 is 2.30. The van der Waals surface area contributed by atoms with Gasteiger partial charge in [-0.3, -0.25) is 0 Å². The predicted molar refractivity (Wildman–Crippen MR) is 80.2 cm³/mol. The quantitative estimate of drug-likeness (QED) is 0.881. The van der Waals surface area contributed by atoms with E-state index < -0.39 is 0 Å². The van der Waals surface area contributed by atoms with Crippen molar-refractivity contribution in [2.45, 2.75) is 52.0 Å². The number of anilines is 1. The van der Waals surface area contributed by atoms with E-state index in [2.05, 4.69) is 41.6 Å². The number of fused-ring (bicyclic) bond motifs is 1. The van der Waals surface area contributed by atoms with Gasteiger partial charge in [-0.05, 0) is 37.3 Å². The maximum atomic E-state index is 6.19. The van der Waals surface area contributed by atoms with Gasteiger partial charge in [-0.25, -0.2) is 4.98 Å². The number of rotatable bonds is 2. The Kier molecular flexibility index (Phi) is 3.21. The zero-order valence-corrected chi connectivity index (χ0v) is 11.9. The number of nitrogens with two attached hydrogens (primary N) is 1. The lowest BCUT2D eigenvalue weighted by Gasteiger charge is -2.30. The number of nitrogen functional groups attached to an aromatic ring is 1. The third-order valence-electron chi connectivity index (χ3n) is 4.64. The van der Waals surface area contributed by atoms with E-state index in [9.17, 15) is 0 Å². The normalized spacial score (nSPS) is 23.9. The maximum Gasteiger partial charge on any atom is 0.201 e. The summed E-state index contributed by atoms with van der Waals surface area (Å²) in [5.41, 5.74) is 9.75. The van der Waals surface area contributed by atoms with E-state index in [1.165, 1.54) is 43.2 Å². The zero-order valence-electron chi connectivity index (χ0n) is 11.9. The molecule has 1 saturated carbocycles. The second-order valence-electron chi connectivity index (χ2n) is 5.88. The van der Waals surface area contributed by atoms with Crippen molar-refractivity contribution in [1.82, 2.24) is 9.55 Å². The van der Waals surface area contributed by atoms with Crippen LogP contribution in [0.25, 0.3) is 11.0 Å². The van der Waals surface area contributed by atoms with Crippen LogP contribution in [0.15, 0.2) is 18.2 Å². The molecular weight excluding hydrogens is 234 g/mol. The lowest BCUT2D eigenvalue weighted by molar-refractivity contribution is 0.267. The van der Waals surface area contributed by atoms with Crippen molar-refractivity contribution in [3.63, 3.8) is 0 Å². The molecule has 1 aliphatic carbocycles. The van der Waals surface area contributed by atoms with Crippen LogP contribution in [0.4, 0.5) is 5.95 Å². The highest BCUT2D eigenvalue weighted by molar-refractivity contribution is 5.81. The van der Waals surface area contributed by atoms with Crippen LogP contribution in [-0.4, -0.2) is 9.55 Å². The molecule has 0 aliphatic heterocycles. The lowest BCUT2D eigenvalue weighted by atomic mass is 9.84. The molecule has 2 aromatic rings. The number of aromatic nitrogens is 2. The molecule has 0 spiro atoms. The van der Waals surface area contributed by atoms with Gasteiger partial charge in [0.2, 0.25) is 5.95 Å². The largest absolute Gasteiger partial charge is 0.369 e. The van der Waals surface area contributed by atoms with Crippen LogP contribution >= 0.6 is 0 Å². The van der Waals surface area contributed by atoms with Crippen molar-refractivity contribution in [3.8, 4) is 0 Å². The Balaban J connectivity index is 2.06. The Morgan fingerprint density at radius 3 is 3.00 bits per heavy atom. The molecule has 0 radical (unpaired) electrons. The number of nitrogens with zero attached hydrogens (tertiary/aromatic N) is 2. The fraction of sp³-hybridized carbons (Fsp3) is 0.562. The molecule has 1 fully saturated rings. The van der Waals surface area contributed by atoms with Crippen LogP contribution < -0.4 is 5.73 Å². The van der Waals surface area contributed by atoms with Crippen molar-refractivity contribution in [2.75, 3.05) is 5.73 Å². The summed E-state index contributed by atoms with van der Waals surface area (Å²) in [7, 11) is 0. The monoisotopic (exact) mass is 257 g/mol. The standard InChI is InChI=1S/C16H23N3/c1-3-12-7-5-8-13(10-12)19-15-11(2)6-4-9-14(15)18-16(19)17/h4,6,9,12-13H,3,5,7-8,10H2,1-2H3,(H2,17,18). The molecule has 3 nitrogen and oxygen atoms in total. The molecular formula is C16H23N3. The summed E-state index contributed by atoms with van der Waals surface area (Å²) in [6.07, 6.45) is 6.45. The van der Waals surface area contributed by atoms with Gasteiger partial charge in [0, 0.05) is 6.04 Å². The van der Waals surface area contributed by atoms with Gasteiger partial charge in [-0.1, -0.05) is 38.3 Å². The fourth-order valence-electron chi connectivity index (χ4n) is 3.58. The molecule has 102 valence electrons. The van der Waals surface area contributed by atoms with Gasteiger partial charge >= 0.3 is 0 Å². The average molecular weight is 257 g/mol. The molecule has 3 heteroatoms. The number of para-hydroxylation sites is 1. The molecule has 0 saturated heterocycles. The van der Waals surface area contributed by atoms with E-state index in [0.29, 0.717) is 12.0 Å². The number of imidazole rings is 1. The predicted octanol–water partition coefficient (Wildman–Crippen LogP) is 4.07. The molecule has 0 bridgehead atoms. The van der Waals surface area contributed by atoms with Gasteiger partial charge in [0.05, 0.1) is 11.0 Å². The summed E-state index contributed by atoms with van der Waals surface area (Å²) in [5.74, 6) is 1.53. The first-order chi connectivity index (χ1) is 9.20. The van der Waals surface area contributed by atoms with Crippen LogP contribution in [0, 0.1) is 12.8 Å². The van der Waals surface area contributed by atoms with Crippen molar-refractivity contribution in [2.24, 2.45) is 5.92 Å². The second kappa shape index (κ2) is 4.87. The number of aryl methyl sites for hydroxylation is 1. The summed E-state index contributed by atoms with van der Waals surface area (Å²) in [4.78, 5) is 4.54. The van der Waals surface area contributed by atoms with Crippen molar-refractivity contribution in [3.05, 3.63) is 23.8 Å². The van der Waals surface area contributed by atoms with Gasteiger partial charge in [0.15, 0.2) is 0 Å². The smallest absolute Gasteiger partial charge is 0.201 e. The fourth-order valence-corrected chi connectivity index (χ4v) is 3.58. The van der Waals surface area contributed by atoms with E-state index in [4.69, 9.17) is 5.73 Å². The molecule has 3 rings (SSSR count). The highest BCUT2D eigenvalue weighted by Crippen LogP contribution is 2.38. The Morgan fingerprint density at radius 2 is 2.21 bits per heavy atom. The topological polar surface area (TPSA) is 43.8 Å². The van der Waals surface area contributed by atoms with Crippen LogP contribution in [0.2, 0.25) is 0 Å². The third kappa shape index (κ3) is 2.11. The SMILES string of the molecule is CCC1CCCC(n2c(N)nc3cccc(C)c32)C1. The van der Waals surface area contributed by atoms with Gasteiger partial charge < -0.3 is 10.3 Å². The minimum Gasteiger partial charge on any atom is -0.369 e. The molecule has 0 amide bonds. The van der Waals surface area contributed by atoms with Crippen molar-refractivity contribution in [1.29, 1.82) is 0 Å². The lowest BCUT2D eigenvalue weighted by Crippen LogP contribution is -2.20. The van der Waals surface area contributed by atoms with Gasteiger partial charge in [0.25, 0.3) is 0 Å². The van der Waals surface area contributed by atoms with Crippen LogP contribution in [-0.2, 0) is 0 Å². The Labute approximate surface area is 114 Å². The molecule has 19 heavy (non-hydrogen) atoms. The number of benzene rings is 1. The highest BCUT2D eigenvalue weighted by Gasteiger charge is 2.25. The Hall–Kier alpha value is -1.51. The Morgan fingerprint density at radius 1 is 1.37 bits per heavy atom. The molecule has 1 aromatic carbocycles. The zero-order chi connectivity index (χ0) is 13.4. The molecule has 1 aromatic heterocycles. The van der Waals surface area contributed by atoms with Crippen molar-refractivity contribution >= 4 is 17.0 Å². The minimum atomic E-state index is 0.532. The maximum absolute atomic E-state index is 6.19. The number of hydrogen-bond acceptors (Lipinski definition) is 2. The highest BCUT2D eigenvalue weighted by atomic mass is 15.2. The minimum absolute atomic E-state index is 0.532. The molecule has 1 heterocycles. The first-order valence-corrected chi connectivity index (χ1v) is 7.43. The molecule has 2 atom stereocenters. The molecule has 2 unspecified atom stereocenters. The summed E-state index contributed by atoms with van der Waals surface area (Å²) >= 11 is 0. The van der Waals surface area contributed by atoms with Crippen LogP contribution in [0.5, 0.6) is 0 Å². The van der Waals surface area contributed by atoms with E-state index in [0.717, 1.165) is 11.4 Å². The van der Waals surface area contributed by atoms with Crippen molar-refractivity contribution < 1.29 is 0 Å². The van der Waals surface area contributed by atoms with E-state index in [1.807, 2.05) is 0 Å². The summed E-state index contributed by atoms with van der Waals surface area (Å²) in [6, 6.07) is 6.81. The first-order valence-electron chi connectivity index (χ1n) is 7.43. The third-order valence-corrected chi connectivity index (χ3v) is 4.64. The first kappa shape index (κ1) is 12.5. The van der Waals surface area contributed by atoms with E-state index in [1.54, 1.807) is 0 Å². The second-order valence-corrected chi connectivity index (χ2v) is 5.88. The van der Waals surface area contributed by atoms with Gasteiger partial charge in [-0.2, -0.15) is 0 Å². The van der Waals surface area contributed by atoms with Crippen LogP contribution in [0.3, 0.4) is 0 Å². The molecule has 2 N–H and O–H groups in total. The summed E-state index contributed by atoms with van der Waals surface area (Å²) in [5, 5.41) is 0. The van der Waals surface area contributed by atoms with Gasteiger partial charge in [0.1, 0.15) is 0 Å². The van der Waals surface area contributed by atoms with Gasteiger partial charge in [-0.15, -0.1) is 0 Å². The average Bonchev–Trinajstić information content (AvgIpc) is 2.76. The van der Waals surface area contributed by atoms with Crippen LogP contribution in [0.1, 0.15) is 50.6 Å². The summed E-state index contributed by atoms with van der Waals surface area (Å²) in [6.45, 7) is 4.45. The van der Waals surface area contributed by atoms with E-state index in [-0.39, 0.29) is 0 Å². The Bertz CT molecular complexity index is 585. The molecule has 1 aliphatic rings.